The molecule has 4 atom stereocenters. The molecular formula is C22H27N5O8. The minimum atomic E-state index is -1.20. The van der Waals surface area contributed by atoms with Gasteiger partial charge in [-0.1, -0.05) is 6.92 Å². The molecule has 1 aromatic carbocycles. The minimum absolute atomic E-state index is 0.144. The Bertz CT molecular complexity index is 1070. The van der Waals surface area contributed by atoms with E-state index in [4.69, 9.17) is 9.47 Å². The Kier molecular flexibility index (Phi) is 8.43. The Morgan fingerprint density at radius 2 is 1.83 bits per heavy atom. The Morgan fingerprint density at radius 3 is 2.31 bits per heavy atom. The number of ketones is 1. The lowest BCUT2D eigenvalue weighted by Gasteiger charge is -2.42. The second-order valence-electron chi connectivity index (χ2n) is 9.10. The van der Waals surface area contributed by atoms with E-state index >= 15 is 0 Å². The summed E-state index contributed by atoms with van der Waals surface area (Å²) in [5.41, 5.74) is 7.93. The lowest BCUT2D eigenvalue weighted by atomic mass is 9.75. The number of hydrogen-bond acceptors (Lipinski definition) is 8. The summed E-state index contributed by atoms with van der Waals surface area (Å²) in [6.45, 7) is 7.76. The molecular weight excluding hydrogens is 462 g/mol. The van der Waals surface area contributed by atoms with E-state index in [0.29, 0.717) is 5.56 Å². The summed E-state index contributed by atoms with van der Waals surface area (Å²) in [4.78, 5) is 62.3. The molecule has 188 valence electrons. The Labute approximate surface area is 200 Å². The van der Waals surface area contributed by atoms with E-state index in [-0.39, 0.29) is 12.3 Å². The second-order valence-corrected chi connectivity index (χ2v) is 9.10. The number of carbonyl (C=O) groups is 4. The van der Waals surface area contributed by atoms with Crippen molar-refractivity contribution < 1.29 is 38.4 Å². The van der Waals surface area contributed by atoms with Gasteiger partial charge < -0.3 is 25.6 Å². The fraction of sp³-hybridized carbons (Fsp3) is 0.500. The average molecular weight is 489 g/mol. The number of alkyl carbamates (subject to hydrolysis) is 1. The molecule has 1 aliphatic rings. The first-order chi connectivity index (χ1) is 16.2. The Hall–Kier alpha value is -4.12. The maximum Gasteiger partial charge on any atom is 0.441 e. The molecule has 35 heavy (non-hydrogen) atoms. The van der Waals surface area contributed by atoms with Crippen LogP contribution in [0.15, 0.2) is 24.3 Å². The third kappa shape index (κ3) is 6.93. The van der Waals surface area contributed by atoms with Crippen LogP contribution in [-0.4, -0.2) is 56.9 Å². The van der Waals surface area contributed by atoms with Crippen molar-refractivity contribution in [3.05, 3.63) is 45.5 Å². The number of amides is 2. The van der Waals surface area contributed by atoms with E-state index in [1.54, 1.807) is 27.7 Å². The van der Waals surface area contributed by atoms with Crippen LogP contribution in [0.3, 0.4) is 0 Å². The Morgan fingerprint density at radius 1 is 1.23 bits per heavy atom. The molecule has 13 nitrogen and oxygen atoms in total. The molecule has 2 N–H and O–H groups in total. The Balaban J connectivity index is 2.01. The van der Waals surface area contributed by atoms with Crippen LogP contribution in [0.4, 0.5) is 10.5 Å². The molecule has 0 saturated carbocycles. The van der Waals surface area contributed by atoms with Gasteiger partial charge in [0.25, 0.3) is 11.5 Å². The van der Waals surface area contributed by atoms with E-state index in [1.165, 1.54) is 31.2 Å². The van der Waals surface area contributed by atoms with Gasteiger partial charge in [0.15, 0.2) is 0 Å². The number of nitro groups is 1. The van der Waals surface area contributed by atoms with Crippen LogP contribution in [0.2, 0.25) is 0 Å². The molecule has 0 spiro atoms. The molecule has 0 aromatic heterocycles. The normalized spacial score (nSPS) is 18.6. The molecule has 1 aliphatic heterocycles. The highest BCUT2D eigenvalue weighted by Crippen LogP contribution is 2.27. The first kappa shape index (κ1) is 27.1. The zero-order valence-corrected chi connectivity index (χ0v) is 19.9. The maximum atomic E-state index is 12.8. The fourth-order valence-electron chi connectivity index (χ4n) is 3.47. The number of non-ortho nitro benzene ring substituents is 1. The van der Waals surface area contributed by atoms with Gasteiger partial charge in [-0.3, -0.25) is 19.7 Å². The van der Waals surface area contributed by atoms with Crippen molar-refractivity contribution in [2.75, 3.05) is 0 Å². The second kappa shape index (κ2) is 10.9. The maximum absolute atomic E-state index is 12.8. The monoisotopic (exact) mass is 489 g/mol. The number of hydrogen-bond donors (Lipinski definition) is 2. The van der Waals surface area contributed by atoms with E-state index < -0.39 is 63.9 Å². The highest BCUT2D eigenvalue weighted by atomic mass is 16.6. The zero-order valence-electron chi connectivity index (χ0n) is 19.9. The standard InChI is InChI=1S/C22H27N5O8/c1-11(16-15(19(29)25-16)12(2)24-21(31)35-22(3,4)5)18(28)17(26-23)20(30)34-10-13-6-8-14(9-7-13)27(32)33/h6-9,11-12,15-16H,10H2,1-5H3,(H,24,31)(H,25,29)/t11-,12-,15-,16-/m1/s1. The third-order valence-electron chi connectivity index (χ3n) is 5.28. The molecule has 1 aromatic rings. The van der Waals surface area contributed by atoms with Crippen LogP contribution in [0.5, 0.6) is 0 Å². The summed E-state index contributed by atoms with van der Waals surface area (Å²) in [6.07, 6.45) is -0.727. The van der Waals surface area contributed by atoms with Gasteiger partial charge in [-0.05, 0) is 45.4 Å². The summed E-state index contributed by atoms with van der Waals surface area (Å²) >= 11 is 0. The van der Waals surface area contributed by atoms with E-state index in [1.807, 2.05) is 0 Å². The molecule has 0 bridgehead atoms. The summed E-state index contributed by atoms with van der Waals surface area (Å²) in [5.74, 6) is -4.26. The van der Waals surface area contributed by atoms with Crippen LogP contribution in [-0.2, 0) is 30.5 Å². The zero-order chi connectivity index (χ0) is 26.5. The number of rotatable bonds is 9. The molecule has 0 aliphatic carbocycles. The van der Waals surface area contributed by atoms with Gasteiger partial charge in [0.1, 0.15) is 12.2 Å². The number of Topliss-reactive ketones (excluding diaryl/α,β-unsaturated/α-hetero) is 1. The van der Waals surface area contributed by atoms with E-state index in [2.05, 4.69) is 15.4 Å². The number of β-lactam (4-membered cyclic amide) rings is 1. The lowest BCUT2D eigenvalue weighted by molar-refractivity contribution is -0.384. The summed E-state index contributed by atoms with van der Waals surface area (Å²) in [5, 5.41) is 15.8. The first-order valence-corrected chi connectivity index (χ1v) is 10.7. The van der Waals surface area contributed by atoms with Crippen LogP contribution < -0.4 is 10.6 Å². The van der Waals surface area contributed by atoms with Gasteiger partial charge in [0.05, 0.1) is 16.9 Å². The van der Waals surface area contributed by atoms with Crippen LogP contribution in [0.1, 0.15) is 40.2 Å². The van der Waals surface area contributed by atoms with Gasteiger partial charge in [0.2, 0.25) is 5.91 Å². The van der Waals surface area contributed by atoms with Crippen molar-refractivity contribution >= 4 is 35.2 Å². The number of carbonyl (C=O) groups excluding carboxylic acids is 4. The first-order valence-electron chi connectivity index (χ1n) is 10.7. The minimum Gasteiger partial charge on any atom is -0.452 e. The van der Waals surface area contributed by atoms with Crippen molar-refractivity contribution in [1.29, 1.82) is 0 Å². The van der Waals surface area contributed by atoms with Gasteiger partial charge in [0, 0.05) is 24.1 Å². The predicted molar refractivity (Wildman–Crippen MR) is 120 cm³/mol. The summed E-state index contributed by atoms with van der Waals surface area (Å²) in [6, 6.07) is 3.76. The molecule has 1 fully saturated rings. The van der Waals surface area contributed by atoms with Crippen LogP contribution in [0.25, 0.3) is 5.53 Å². The molecule has 2 rings (SSSR count). The molecule has 1 saturated heterocycles. The van der Waals surface area contributed by atoms with Gasteiger partial charge >= 0.3 is 17.8 Å². The number of esters is 1. The lowest BCUT2D eigenvalue weighted by Crippen LogP contribution is -2.68. The SMILES string of the molecule is C[C@@H](NC(=O)OC(C)(C)C)[C@H]1C(=O)N[C@@H]1[C@@H](C)C(=O)C(=[N+]=[N-])C(=O)OCc1ccc([N+](=O)[O-])cc1. The molecule has 13 heteroatoms. The number of ether oxygens (including phenoxy) is 2. The van der Waals surface area contributed by atoms with Crippen molar-refractivity contribution in [1.82, 2.24) is 10.6 Å². The van der Waals surface area contributed by atoms with Crippen molar-refractivity contribution in [3.8, 4) is 0 Å². The summed E-state index contributed by atoms with van der Waals surface area (Å²) < 4.78 is 10.2. The van der Waals surface area contributed by atoms with Crippen LogP contribution >= 0.6 is 0 Å². The topological polar surface area (TPSA) is 190 Å². The van der Waals surface area contributed by atoms with E-state index in [9.17, 15) is 34.8 Å². The highest BCUT2D eigenvalue weighted by Gasteiger charge is 2.51. The fourth-order valence-corrected chi connectivity index (χ4v) is 3.47. The number of nitrogens with one attached hydrogen (secondary N) is 2. The number of benzene rings is 1. The molecule has 1 heterocycles. The quantitative estimate of drug-likeness (QED) is 0.0762. The predicted octanol–water partition coefficient (Wildman–Crippen LogP) is 1.54. The third-order valence-corrected chi connectivity index (χ3v) is 5.28. The van der Waals surface area contributed by atoms with E-state index in [0.717, 1.165) is 0 Å². The van der Waals surface area contributed by atoms with Gasteiger partial charge in [-0.15, -0.1) is 0 Å². The van der Waals surface area contributed by atoms with Crippen molar-refractivity contribution in [2.45, 2.75) is 58.9 Å². The number of nitro benzene ring substituents is 1. The molecule has 0 radical (unpaired) electrons. The van der Waals surface area contributed by atoms with Gasteiger partial charge in [-0.2, -0.15) is 4.79 Å². The van der Waals surface area contributed by atoms with Crippen molar-refractivity contribution in [2.24, 2.45) is 11.8 Å². The van der Waals surface area contributed by atoms with Crippen molar-refractivity contribution in [3.63, 3.8) is 0 Å². The molecule has 0 unspecified atom stereocenters. The number of nitrogens with zero attached hydrogens (tertiary/aromatic N) is 3. The summed E-state index contributed by atoms with van der Waals surface area (Å²) in [7, 11) is 0. The van der Waals surface area contributed by atoms with Crippen LogP contribution in [0, 0.1) is 22.0 Å². The molecule has 2 amide bonds. The highest BCUT2D eigenvalue weighted by molar-refractivity contribution is 6.62. The van der Waals surface area contributed by atoms with Gasteiger partial charge in [-0.25, -0.2) is 9.59 Å². The largest absolute Gasteiger partial charge is 0.452 e. The average Bonchev–Trinajstić information content (AvgIpc) is 2.74. The smallest absolute Gasteiger partial charge is 0.441 e.